The Bertz CT molecular complexity index is 918. The lowest BCUT2D eigenvalue weighted by atomic mass is 9.53. The number of amidine groups is 1. The maximum absolute atomic E-state index is 14.8. The lowest BCUT2D eigenvalue weighted by Crippen LogP contribution is -2.53. The van der Waals surface area contributed by atoms with Crippen LogP contribution in [-0.4, -0.2) is 39.5 Å². The Hall–Kier alpha value is -0.980. The van der Waals surface area contributed by atoms with Gasteiger partial charge in [-0.05, 0) is 87.3 Å². The summed E-state index contributed by atoms with van der Waals surface area (Å²) < 4.78 is 14.8. The molecule has 5 aliphatic carbocycles. The number of hydrogen-bond acceptors (Lipinski definition) is 3. The predicted octanol–water partition coefficient (Wildman–Crippen LogP) is 6.12. The summed E-state index contributed by atoms with van der Waals surface area (Å²) in [7, 11) is 0. The van der Waals surface area contributed by atoms with E-state index in [0.717, 1.165) is 41.5 Å². The Kier molecular flexibility index (Phi) is 5.95. The van der Waals surface area contributed by atoms with Crippen LogP contribution in [-0.2, 0) is 4.79 Å². The molecule has 1 atom stereocenters. The summed E-state index contributed by atoms with van der Waals surface area (Å²) in [4.78, 5) is 22.2. The highest BCUT2D eigenvalue weighted by Gasteiger charge is 2.53. The number of nitrogens with zero attached hydrogens (tertiary/aromatic N) is 3. The Morgan fingerprint density at radius 2 is 1.81 bits per heavy atom. The van der Waals surface area contributed by atoms with Crippen LogP contribution in [0.4, 0.5) is 10.1 Å². The second-order valence-corrected chi connectivity index (χ2v) is 11.9. The molecule has 32 heavy (non-hydrogen) atoms. The number of aliphatic imine (C=N–C) groups is 1. The lowest BCUT2D eigenvalue weighted by molar-refractivity contribution is -0.117. The number of amides is 1. The number of anilines is 1. The monoisotopic (exact) mass is 497 g/mol. The molecule has 0 radical (unpaired) electrons. The van der Waals surface area contributed by atoms with E-state index in [1.165, 1.54) is 51.5 Å². The van der Waals surface area contributed by atoms with E-state index in [2.05, 4.69) is 4.90 Å². The molecule has 4 nitrogen and oxygen atoms in total. The van der Waals surface area contributed by atoms with Gasteiger partial charge in [-0.3, -0.25) is 14.7 Å². The third kappa shape index (κ3) is 3.94. The summed E-state index contributed by atoms with van der Waals surface area (Å²) in [5.74, 6) is 2.68. The molecule has 4 bridgehead atoms. The van der Waals surface area contributed by atoms with E-state index in [9.17, 15) is 9.18 Å². The average molecular weight is 498 g/mol. The molecule has 6 aliphatic rings. The number of hydrogen-bond donors (Lipinski definition) is 0. The molecule has 1 amide bonds. The van der Waals surface area contributed by atoms with Gasteiger partial charge in [-0.25, -0.2) is 4.39 Å². The summed E-state index contributed by atoms with van der Waals surface area (Å²) in [5, 5.41) is 1.43. The number of carbonyl (C=O) groups excluding carboxylic acids is 1. The summed E-state index contributed by atoms with van der Waals surface area (Å²) in [5.41, 5.74) is 0.412. The normalized spacial score (nSPS) is 36.5. The highest BCUT2D eigenvalue weighted by atomic mass is 35.5. The molecule has 0 aromatic heterocycles. The fraction of sp³-hybridized carbons (Fsp3) is 0.667. The first-order valence-corrected chi connectivity index (χ1v) is 13.0. The molecule has 1 aromatic rings. The minimum atomic E-state index is -0.449. The van der Waals surface area contributed by atoms with E-state index in [1.54, 1.807) is 28.8 Å². The van der Waals surface area contributed by atoms with Gasteiger partial charge >= 0.3 is 0 Å². The first-order chi connectivity index (χ1) is 14.9. The minimum absolute atomic E-state index is 0. The van der Waals surface area contributed by atoms with Crippen molar-refractivity contribution >= 4 is 52.5 Å². The van der Waals surface area contributed by atoms with Crippen LogP contribution in [0.2, 0.25) is 5.02 Å². The van der Waals surface area contributed by atoms with Crippen LogP contribution in [0.25, 0.3) is 0 Å². The largest absolute Gasteiger partial charge is 0.327 e. The minimum Gasteiger partial charge on any atom is -0.327 e. The first kappa shape index (κ1) is 22.8. The average Bonchev–Trinajstić information content (AvgIpc) is 3.44. The van der Waals surface area contributed by atoms with E-state index in [4.69, 9.17) is 16.6 Å². The van der Waals surface area contributed by atoms with Crippen molar-refractivity contribution in [2.75, 3.05) is 10.7 Å². The van der Waals surface area contributed by atoms with Crippen molar-refractivity contribution in [2.24, 2.45) is 22.7 Å². The van der Waals surface area contributed by atoms with Gasteiger partial charge in [-0.1, -0.05) is 23.4 Å². The smallest absolute Gasteiger partial charge is 0.225 e. The molecule has 7 rings (SSSR count). The number of benzene rings is 1. The molecule has 0 spiro atoms. The maximum atomic E-state index is 14.8. The summed E-state index contributed by atoms with van der Waals surface area (Å²) in [6.07, 6.45) is 9.94. The molecular formula is C24H30Cl2FN3OS. The Morgan fingerprint density at radius 3 is 2.34 bits per heavy atom. The molecule has 0 N–H and O–H groups in total. The zero-order chi connectivity index (χ0) is 21.3. The lowest BCUT2D eigenvalue weighted by Gasteiger charge is -2.55. The van der Waals surface area contributed by atoms with Gasteiger partial charge in [0, 0.05) is 23.7 Å². The molecular weight excluding hydrogens is 468 g/mol. The van der Waals surface area contributed by atoms with Crippen molar-refractivity contribution in [1.29, 1.82) is 0 Å². The van der Waals surface area contributed by atoms with Gasteiger partial charge in [0.25, 0.3) is 0 Å². The summed E-state index contributed by atoms with van der Waals surface area (Å²) in [6.45, 7) is 1.53. The van der Waals surface area contributed by atoms with E-state index in [0.29, 0.717) is 16.8 Å². The summed E-state index contributed by atoms with van der Waals surface area (Å²) >= 11 is 7.73. The topological polar surface area (TPSA) is 35.9 Å². The van der Waals surface area contributed by atoms with Gasteiger partial charge < -0.3 is 4.90 Å². The quantitative estimate of drug-likeness (QED) is 0.502. The molecule has 1 aromatic carbocycles. The van der Waals surface area contributed by atoms with Crippen LogP contribution in [0.15, 0.2) is 23.2 Å². The standard InChI is InChI=1S/C24H29ClFN3OS.ClH/c1-14(30)28(21-5-2-18(25)9-20(21)26)22-13-31-23(29(22)19-3-4-19)27-24-10-15-6-16(11-24)8-17(7-15)12-24;/h2,5,9,15-17,19,22H,3-4,6-8,10-13H2,1H3;1H. The highest BCUT2D eigenvalue weighted by molar-refractivity contribution is 8.14. The van der Waals surface area contributed by atoms with Gasteiger partial charge in [0.05, 0.1) is 11.2 Å². The van der Waals surface area contributed by atoms with Gasteiger partial charge in [0.2, 0.25) is 5.91 Å². The molecule has 1 heterocycles. The second-order valence-electron chi connectivity index (χ2n) is 10.5. The Labute approximate surface area is 204 Å². The zero-order valence-electron chi connectivity index (χ0n) is 18.3. The number of rotatable bonds is 4. The van der Waals surface area contributed by atoms with Crippen molar-refractivity contribution in [1.82, 2.24) is 4.90 Å². The van der Waals surface area contributed by atoms with Gasteiger partial charge in [-0.15, -0.1) is 12.4 Å². The maximum Gasteiger partial charge on any atom is 0.225 e. The van der Waals surface area contributed by atoms with Crippen molar-refractivity contribution < 1.29 is 9.18 Å². The van der Waals surface area contributed by atoms with Crippen molar-refractivity contribution in [3.8, 4) is 0 Å². The second kappa shape index (κ2) is 8.35. The van der Waals surface area contributed by atoms with Crippen molar-refractivity contribution in [2.45, 2.75) is 76.0 Å². The molecule has 6 fully saturated rings. The fourth-order valence-electron chi connectivity index (χ4n) is 7.09. The number of carbonyl (C=O) groups is 1. The van der Waals surface area contributed by atoms with Crippen LogP contribution in [0.1, 0.15) is 58.3 Å². The Balaban J connectivity index is 0.00000216. The number of thioether (sulfide) groups is 1. The molecule has 174 valence electrons. The van der Waals surface area contributed by atoms with E-state index in [-0.39, 0.29) is 30.0 Å². The van der Waals surface area contributed by atoms with Crippen molar-refractivity contribution in [3.05, 3.63) is 29.0 Å². The predicted molar refractivity (Wildman–Crippen MR) is 131 cm³/mol. The Morgan fingerprint density at radius 1 is 1.19 bits per heavy atom. The van der Waals surface area contributed by atoms with E-state index < -0.39 is 5.82 Å². The third-order valence-electron chi connectivity index (χ3n) is 7.99. The highest BCUT2D eigenvalue weighted by Crippen LogP contribution is 2.58. The first-order valence-electron chi connectivity index (χ1n) is 11.7. The van der Waals surface area contributed by atoms with Crippen LogP contribution < -0.4 is 4.90 Å². The third-order valence-corrected chi connectivity index (χ3v) is 9.25. The number of halogens is 3. The summed E-state index contributed by atoms with van der Waals surface area (Å²) in [6, 6.07) is 4.98. The molecule has 8 heteroatoms. The van der Waals surface area contributed by atoms with E-state index >= 15 is 0 Å². The van der Waals surface area contributed by atoms with Crippen LogP contribution >= 0.6 is 35.8 Å². The van der Waals surface area contributed by atoms with Crippen molar-refractivity contribution in [3.63, 3.8) is 0 Å². The van der Waals surface area contributed by atoms with Gasteiger partial charge in [-0.2, -0.15) is 0 Å². The van der Waals surface area contributed by atoms with Crippen LogP contribution in [0, 0.1) is 23.6 Å². The molecule has 1 saturated heterocycles. The molecule has 5 saturated carbocycles. The van der Waals surface area contributed by atoms with Crippen LogP contribution in [0.5, 0.6) is 0 Å². The fourth-order valence-corrected chi connectivity index (χ4v) is 8.54. The molecule has 1 aliphatic heterocycles. The zero-order valence-corrected chi connectivity index (χ0v) is 20.7. The SMILES string of the molecule is CC(=O)N(c1ccc(Cl)cc1F)C1CSC(=NC23CC4CC(CC(C4)C2)C3)N1C1CC1.Cl. The van der Waals surface area contributed by atoms with Gasteiger partial charge in [0.1, 0.15) is 12.0 Å². The van der Waals surface area contributed by atoms with Crippen LogP contribution in [0.3, 0.4) is 0 Å². The molecule has 1 unspecified atom stereocenters. The van der Waals surface area contributed by atoms with E-state index in [1.807, 2.05) is 0 Å². The van der Waals surface area contributed by atoms with Gasteiger partial charge in [0.15, 0.2) is 5.17 Å².